The smallest absolute Gasteiger partial charge is 0.157 e. The maximum Gasteiger partial charge on any atom is 0.157 e. The number of allylic oxidation sites excluding steroid dienone is 1. The number of aliphatic imine (C=N–C) groups is 1. The Bertz CT molecular complexity index is 362. The molecule has 1 aliphatic heterocycles. The Morgan fingerprint density at radius 1 is 1.50 bits per heavy atom. The van der Waals surface area contributed by atoms with Crippen LogP contribution in [0.1, 0.15) is 33.1 Å². The standard InChI is InChI=1S/C12H16N2O2/c1-8(2)15-12-6-11(16-10-3-4-10)5-9(7-13)14-12/h5,8,10,12H,3-4,6H2,1-2H3. The minimum atomic E-state index is -0.270. The van der Waals surface area contributed by atoms with E-state index in [-0.39, 0.29) is 12.3 Å². The minimum absolute atomic E-state index is 0.106. The Morgan fingerprint density at radius 2 is 2.25 bits per heavy atom. The molecule has 0 bridgehead atoms. The molecular formula is C12H16N2O2. The number of ether oxygens (including phenoxy) is 2. The second-order valence-corrected chi connectivity index (χ2v) is 4.40. The predicted octanol–water partition coefficient (Wildman–Crippen LogP) is 2.17. The molecule has 1 heterocycles. The van der Waals surface area contributed by atoms with Gasteiger partial charge in [0, 0.05) is 6.08 Å². The fraction of sp³-hybridized carbons (Fsp3) is 0.667. The van der Waals surface area contributed by atoms with Gasteiger partial charge in [-0.2, -0.15) is 5.26 Å². The van der Waals surface area contributed by atoms with Crippen LogP contribution in [0.5, 0.6) is 0 Å². The first-order chi connectivity index (χ1) is 7.67. The van der Waals surface area contributed by atoms with Crippen LogP contribution in [0, 0.1) is 11.3 Å². The fourth-order valence-corrected chi connectivity index (χ4v) is 1.56. The van der Waals surface area contributed by atoms with E-state index in [1.807, 2.05) is 19.9 Å². The predicted molar refractivity (Wildman–Crippen MR) is 59.9 cm³/mol. The monoisotopic (exact) mass is 220 g/mol. The van der Waals surface area contributed by atoms with Crippen molar-refractivity contribution in [3.63, 3.8) is 0 Å². The van der Waals surface area contributed by atoms with Gasteiger partial charge in [0.05, 0.1) is 18.6 Å². The van der Waals surface area contributed by atoms with Crippen molar-refractivity contribution in [3.05, 3.63) is 11.8 Å². The zero-order valence-electron chi connectivity index (χ0n) is 9.64. The molecule has 0 N–H and O–H groups in total. The lowest BCUT2D eigenvalue weighted by Crippen LogP contribution is -2.22. The van der Waals surface area contributed by atoms with Gasteiger partial charge in [-0.25, -0.2) is 4.99 Å². The van der Waals surface area contributed by atoms with Gasteiger partial charge in [-0.1, -0.05) is 0 Å². The molecule has 0 spiro atoms. The highest BCUT2D eigenvalue weighted by Gasteiger charge is 2.27. The van der Waals surface area contributed by atoms with Crippen LogP contribution >= 0.6 is 0 Å². The lowest BCUT2D eigenvalue weighted by molar-refractivity contribution is 0.00306. The molecule has 0 aromatic rings. The molecule has 1 aliphatic carbocycles. The Kier molecular flexibility index (Phi) is 3.25. The maximum atomic E-state index is 8.87. The quantitative estimate of drug-likeness (QED) is 0.729. The Balaban J connectivity index is 2.01. The summed E-state index contributed by atoms with van der Waals surface area (Å²) in [6.07, 6.45) is 4.78. The van der Waals surface area contributed by atoms with Gasteiger partial charge in [0.25, 0.3) is 0 Å². The molecule has 2 rings (SSSR count). The van der Waals surface area contributed by atoms with Gasteiger partial charge >= 0.3 is 0 Å². The molecule has 1 fully saturated rings. The summed E-state index contributed by atoms with van der Waals surface area (Å²) in [7, 11) is 0. The van der Waals surface area contributed by atoms with E-state index >= 15 is 0 Å². The van der Waals surface area contributed by atoms with E-state index in [9.17, 15) is 0 Å². The summed E-state index contributed by atoms with van der Waals surface area (Å²) in [5.41, 5.74) is 0.396. The van der Waals surface area contributed by atoms with E-state index in [0.29, 0.717) is 18.2 Å². The average Bonchev–Trinajstić information content (AvgIpc) is 3.00. The van der Waals surface area contributed by atoms with Gasteiger partial charge < -0.3 is 9.47 Å². The number of nitrogens with zero attached hydrogens (tertiary/aromatic N) is 2. The third-order valence-electron chi connectivity index (χ3n) is 2.34. The van der Waals surface area contributed by atoms with Crippen molar-refractivity contribution in [2.24, 2.45) is 4.99 Å². The summed E-state index contributed by atoms with van der Waals surface area (Å²) in [4.78, 5) is 4.20. The number of dihydropyridines is 1. The largest absolute Gasteiger partial charge is 0.494 e. The van der Waals surface area contributed by atoms with Gasteiger partial charge in [0.1, 0.15) is 17.5 Å². The molecule has 0 amide bonds. The zero-order chi connectivity index (χ0) is 11.5. The summed E-state index contributed by atoms with van der Waals surface area (Å²) in [5.74, 6) is 0.833. The van der Waals surface area contributed by atoms with Crippen LogP contribution in [0.15, 0.2) is 16.8 Å². The van der Waals surface area contributed by atoms with E-state index < -0.39 is 0 Å². The molecule has 0 aromatic carbocycles. The van der Waals surface area contributed by atoms with Crippen LogP contribution in [0.3, 0.4) is 0 Å². The van der Waals surface area contributed by atoms with Gasteiger partial charge in [0.2, 0.25) is 0 Å². The van der Waals surface area contributed by atoms with Crippen LogP contribution < -0.4 is 0 Å². The minimum Gasteiger partial charge on any atom is -0.494 e. The third kappa shape index (κ3) is 3.07. The summed E-state index contributed by atoms with van der Waals surface area (Å²) in [6, 6.07) is 2.04. The first-order valence-electron chi connectivity index (χ1n) is 5.68. The Morgan fingerprint density at radius 3 is 2.81 bits per heavy atom. The number of rotatable bonds is 4. The highest BCUT2D eigenvalue weighted by molar-refractivity contribution is 6.07. The first-order valence-corrected chi connectivity index (χ1v) is 5.68. The molecular weight excluding hydrogens is 204 g/mol. The fourth-order valence-electron chi connectivity index (χ4n) is 1.56. The maximum absolute atomic E-state index is 8.87. The molecule has 1 atom stereocenters. The normalized spacial score (nSPS) is 24.8. The van der Waals surface area contributed by atoms with Crippen LogP contribution in [0.25, 0.3) is 0 Å². The first kappa shape index (κ1) is 11.2. The van der Waals surface area contributed by atoms with Crippen LogP contribution in [-0.2, 0) is 9.47 Å². The van der Waals surface area contributed by atoms with E-state index in [2.05, 4.69) is 4.99 Å². The van der Waals surface area contributed by atoms with Crippen molar-refractivity contribution in [2.75, 3.05) is 0 Å². The number of nitriles is 1. The lowest BCUT2D eigenvalue weighted by atomic mass is 10.2. The van der Waals surface area contributed by atoms with E-state index in [1.165, 1.54) is 0 Å². The molecule has 16 heavy (non-hydrogen) atoms. The second-order valence-electron chi connectivity index (χ2n) is 4.40. The van der Waals surface area contributed by atoms with Gasteiger partial charge in [-0.05, 0) is 26.7 Å². The third-order valence-corrected chi connectivity index (χ3v) is 2.34. The topological polar surface area (TPSA) is 54.6 Å². The molecule has 4 nitrogen and oxygen atoms in total. The SMILES string of the molecule is CC(C)OC1CC(OC2CC2)=CC(C#N)=N1. The van der Waals surface area contributed by atoms with Crippen LogP contribution in [0.4, 0.5) is 0 Å². The summed E-state index contributed by atoms with van der Waals surface area (Å²) in [6.45, 7) is 3.92. The summed E-state index contributed by atoms with van der Waals surface area (Å²) in [5, 5.41) is 8.87. The molecule has 86 valence electrons. The Hall–Kier alpha value is -1.34. The van der Waals surface area contributed by atoms with Crippen molar-refractivity contribution in [3.8, 4) is 6.07 Å². The van der Waals surface area contributed by atoms with E-state index in [1.54, 1.807) is 6.08 Å². The molecule has 2 aliphatic rings. The van der Waals surface area contributed by atoms with Gasteiger partial charge in [-0.15, -0.1) is 0 Å². The molecule has 1 unspecified atom stereocenters. The second kappa shape index (κ2) is 4.67. The molecule has 1 saturated carbocycles. The Labute approximate surface area is 95.6 Å². The average molecular weight is 220 g/mol. The van der Waals surface area contributed by atoms with Crippen molar-refractivity contribution in [1.29, 1.82) is 5.26 Å². The van der Waals surface area contributed by atoms with Gasteiger partial charge in [-0.3, -0.25) is 0 Å². The highest BCUT2D eigenvalue weighted by atomic mass is 16.5. The van der Waals surface area contributed by atoms with Gasteiger partial charge in [0.15, 0.2) is 6.23 Å². The van der Waals surface area contributed by atoms with Crippen molar-refractivity contribution in [1.82, 2.24) is 0 Å². The van der Waals surface area contributed by atoms with Crippen LogP contribution in [0.2, 0.25) is 0 Å². The summed E-state index contributed by atoms with van der Waals surface area (Å²) < 4.78 is 11.3. The number of hydrogen-bond acceptors (Lipinski definition) is 4. The van der Waals surface area contributed by atoms with Crippen molar-refractivity contribution >= 4 is 5.71 Å². The van der Waals surface area contributed by atoms with Crippen LogP contribution in [-0.4, -0.2) is 24.1 Å². The van der Waals surface area contributed by atoms with E-state index in [4.69, 9.17) is 14.7 Å². The molecule has 4 heteroatoms. The zero-order valence-corrected chi connectivity index (χ0v) is 9.64. The summed E-state index contributed by atoms with van der Waals surface area (Å²) >= 11 is 0. The molecule has 0 radical (unpaired) electrons. The number of hydrogen-bond donors (Lipinski definition) is 0. The van der Waals surface area contributed by atoms with Crippen molar-refractivity contribution in [2.45, 2.75) is 51.5 Å². The lowest BCUT2D eigenvalue weighted by Gasteiger charge is -2.21. The highest BCUT2D eigenvalue weighted by Crippen LogP contribution is 2.29. The van der Waals surface area contributed by atoms with Crippen molar-refractivity contribution < 1.29 is 9.47 Å². The van der Waals surface area contributed by atoms with E-state index in [0.717, 1.165) is 18.6 Å². The molecule has 0 aromatic heterocycles. The molecule has 0 saturated heterocycles.